The highest BCUT2D eigenvalue weighted by Crippen LogP contribution is 2.51. The van der Waals surface area contributed by atoms with E-state index in [4.69, 9.17) is 9.15 Å². The molecule has 132 valence electrons. The number of likely N-dealkylation sites (N-methyl/N-ethyl adjacent to an activating group) is 1. The van der Waals surface area contributed by atoms with Crippen molar-refractivity contribution in [1.82, 2.24) is 0 Å². The average Bonchev–Trinajstić information content (AvgIpc) is 3.26. The molecule has 2 aliphatic rings. The standard InChI is InChI=1S/C20H17NO5/c1-21-15-7-4-3-6-13(15)20(19(21)24)14(18(23)25-2)10-12(11-17(20)22)16-8-5-9-26-16/h3-9,11,14H,10H2,1-2H3/t14-,20-/m0/s1. The van der Waals surface area contributed by atoms with Gasteiger partial charge < -0.3 is 14.1 Å². The van der Waals surface area contributed by atoms with Crippen LogP contribution in [0.1, 0.15) is 17.7 Å². The van der Waals surface area contributed by atoms with Gasteiger partial charge in [-0.25, -0.2) is 0 Å². The normalized spacial score (nSPS) is 24.6. The van der Waals surface area contributed by atoms with Crippen LogP contribution in [0.15, 0.2) is 53.2 Å². The number of ketones is 1. The lowest BCUT2D eigenvalue weighted by Gasteiger charge is -2.36. The second-order valence-corrected chi connectivity index (χ2v) is 6.48. The van der Waals surface area contributed by atoms with Crippen molar-refractivity contribution in [3.05, 3.63) is 60.1 Å². The second-order valence-electron chi connectivity index (χ2n) is 6.48. The number of benzene rings is 1. The van der Waals surface area contributed by atoms with Gasteiger partial charge in [0.15, 0.2) is 11.2 Å². The fourth-order valence-electron chi connectivity index (χ4n) is 4.07. The Kier molecular flexibility index (Phi) is 3.57. The summed E-state index contributed by atoms with van der Waals surface area (Å²) in [6.07, 6.45) is 3.11. The van der Waals surface area contributed by atoms with Crippen LogP contribution in [0.25, 0.3) is 5.57 Å². The highest BCUT2D eigenvalue weighted by Gasteiger charge is 2.63. The van der Waals surface area contributed by atoms with Crippen LogP contribution < -0.4 is 4.90 Å². The minimum Gasteiger partial charge on any atom is -0.469 e. The number of methoxy groups -OCH3 is 1. The molecule has 1 aromatic heterocycles. The molecule has 1 amide bonds. The average molecular weight is 351 g/mol. The minimum atomic E-state index is -1.59. The Morgan fingerprint density at radius 2 is 2.00 bits per heavy atom. The zero-order valence-corrected chi connectivity index (χ0v) is 14.4. The van der Waals surface area contributed by atoms with Gasteiger partial charge >= 0.3 is 5.97 Å². The van der Waals surface area contributed by atoms with Gasteiger partial charge in [0.05, 0.1) is 19.3 Å². The Bertz CT molecular complexity index is 943. The number of allylic oxidation sites excluding steroid dienone is 2. The van der Waals surface area contributed by atoms with E-state index in [1.807, 2.05) is 0 Å². The first kappa shape index (κ1) is 16.3. The van der Waals surface area contributed by atoms with Crippen molar-refractivity contribution >= 4 is 28.9 Å². The number of esters is 1. The molecule has 0 saturated carbocycles. The number of furan rings is 1. The molecule has 0 unspecified atom stereocenters. The molecule has 0 bridgehead atoms. The lowest BCUT2D eigenvalue weighted by Crippen LogP contribution is -2.54. The summed E-state index contributed by atoms with van der Waals surface area (Å²) in [5.41, 5.74) is 0.173. The molecule has 26 heavy (non-hydrogen) atoms. The van der Waals surface area contributed by atoms with Crippen molar-refractivity contribution in [3.8, 4) is 0 Å². The third-order valence-corrected chi connectivity index (χ3v) is 5.30. The molecule has 2 heterocycles. The second kappa shape index (κ2) is 5.69. The van der Waals surface area contributed by atoms with E-state index < -0.39 is 29.0 Å². The van der Waals surface area contributed by atoms with E-state index in [0.29, 0.717) is 22.6 Å². The molecule has 6 nitrogen and oxygen atoms in total. The van der Waals surface area contributed by atoms with Crippen LogP contribution in [0.2, 0.25) is 0 Å². The van der Waals surface area contributed by atoms with Crippen molar-refractivity contribution in [1.29, 1.82) is 0 Å². The lowest BCUT2D eigenvalue weighted by molar-refractivity contribution is -0.154. The Morgan fingerprint density at radius 1 is 1.23 bits per heavy atom. The van der Waals surface area contributed by atoms with E-state index in [1.165, 1.54) is 24.3 Å². The predicted octanol–water partition coefficient (Wildman–Crippen LogP) is 2.34. The fourth-order valence-corrected chi connectivity index (χ4v) is 4.07. The van der Waals surface area contributed by atoms with Gasteiger partial charge in [0, 0.05) is 18.3 Å². The molecule has 4 rings (SSSR count). The van der Waals surface area contributed by atoms with Gasteiger partial charge in [0.2, 0.25) is 5.91 Å². The van der Waals surface area contributed by atoms with Crippen LogP contribution in [0, 0.1) is 5.92 Å². The summed E-state index contributed by atoms with van der Waals surface area (Å²) >= 11 is 0. The van der Waals surface area contributed by atoms with E-state index in [2.05, 4.69) is 0 Å². The molecule has 0 radical (unpaired) electrons. The highest BCUT2D eigenvalue weighted by molar-refractivity contribution is 6.28. The Labute approximate surface area is 150 Å². The van der Waals surface area contributed by atoms with Gasteiger partial charge in [-0.3, -0.25) is 14.4 Å². The van der Waals surface area contributed by atoms with Crippen LogP contribution in [0.4, 0.5) is 5.69 Å². The number of carbonyl (C=O) groups excluding carboxylic acids is 3. The summed E-state index contributed by atoms with van der Waals surface area (Å²) in [6.45, 7) is 0. The number of carbonyl (C=O) groups is 3. The van der Waals surface area contributed by atoms with E-state index in [1.54, 1.807) is 43.4 Å². The largest absolute Gasteiger partial charge is 0.469 e. The lowest BCUT2D eigenvalue weighted by atomic mass is 9.62. The maximum absolute atomic E-state index is 13.3. The molecule has 1 aliphatic carbocycles. The Hall–Kier alpha value is -3.15. The Morgan fingerprint density at radius 3 is 2.69 bits per heavy atom. The van der Waals surface area contributed by atoms with E-state index in [-0.39, 0.29) is 6.42 Å². The third-order valence-electron chi connectivity index (χ3n) is 5.30. The molecular weight excluding hydrogens is 334 g/mol. The van der Waals surface area contributed by atoms with Crippen molar-refractivity contribution < 1.29 is 23.5 Å². The van der Waals surface area contributed by atoms with Gasteiger partial charge in [0.25, 0.3) is 0 Å². The SMILES string of the molecule is COC(=O)[C@@H]1CC(c2ccco2)=CC(=O)[C@@]12C(=O)N(C)c1ccccc12. The quantitative estimate of drug-likeness (QED) is 0.613. The van der Waals surface area contributed by atoms with Crippen LogP contribution >= 0.6 is 0 Å². The van der Waals surface area contributed by atoms with Gasteiger partial charge in [-0.15, -0.1) is 0 Å². The molecule has 6 heteroatoms. The van der Waals surface area contributed by atoms with E-state index in [9.17, 15) is 14.4 Å². The number of nitrogens with zero attached hydrogens (tertiary/aromatic N) is 1. The first-order chi connectivity index (χ1) is 12.5. The molecule has 1 aliphatic heterocycles. The summed E-state index contributed by atoms with van der Waals surface area (Å²) in [5.74, 6) is -1.87. The zero-order chi connectivity index (χ0) is 18.5. The number of fused-ring (bicyclic) bond motifs is 2. The number of para-hydroxylation sites is 1. The minimum absolute atomic E-state index is 0.180. The molecule has 0 N–H and O–H groups in total. The van der Waals surface area contributed by atoms with E-state index >= 15 is 0 Å². The van der Waals surface area contributed by atoms with Crippen molar-refractivity contribution in [2.24, 2.45) is 5.92 Å². The molecule has 2 aromatic rings. The molecule has 2 atom stereocenters. The number of anilines is 1. The zero-order valence-electron chi connectivity index (χ0n) is 14.4. The smallest absolute Gasteiger partial charge is 0.310 e. The number of amides is 1. The summed E-state index contributed by atoms with van der Waals surface area (Å²) < 4.78 is 10.4. The van der Waals surface area contributed by atoms with Crippen molar-refractivity contribution in [2.45, 2.75) is 11.8 Å². The number of hydrogen-bond acceptors (Lipinski definition) is 5. The van der Waals surface area contributed by atoms with Crippen molar-refractivity contribution in [2.75, 3.05) is 19.1 Å². The molecule has 1 spiro atoms. The summed E-state index contributed by atoms with van der Waals surface area (Å²) in [7, 11) is 2.88. The van der Waals surface area contributed by atoms with Crippen LogP contribution in [-0.2, 0) is 24.5 Å². The molecular formula is C20H17NO5. The molecule has 0 saturated heterocycles. The first-order valence-electron chi connectivity index (χ1n) is 8.26. The fraction of sp³-hybridized carbons (Fsp3) is 0.250. The predicted molar refractivity (Wildman–Crippen MR) is 93.3 cm³/mol. The molecule has 1 aromatic carbocycles. The monoisotopic (exact) mass is 351 g/mol. The summed E-state index contributed by atoms with van der Waals surface area (Å²) in [6, 6.07) is 10.5. The number of hydrogen-bond donors (Lipinski definition) is 0. The first-order valence-corrected chi connectivity index (χ1v) is 8.26. The number of rotatable bonds is 2. The highest BCUT2D eigenvalue weighted by atomic mass is 16.5. The van der Waals surface area contributed by atoms with Gasteiger partial charge in [-0.05, 0) is 36.3 Å². The topological polar surface area (TPSA) is 76.8 Å². The third kappa shape index (κ3) is 1.95. The summed E-state index contributed by atoms with van der Waals surface area (Å²) in [4.78, 5) is 40.6. The Balaban J connectivity index is 1.96. The molecule has 0 fully saturated rings. The van der Waals surface area contributed by atoms with Gasteiger partial charge in [-0.1, -0.05) is 18.2 Å². The number of ether oxygens (including phenoxy) is 1. The van der Waals surface area contributed by atoms with Gasteiger partial charge in [0.1, 0.15) is 5.76 Å². The maximum Gasteiger partial charge on any atom is 0.310 e. The van der Waals surface area contributed by atoms with Gasteiger partial charge in [-0.2, -0.15) is 0 Å². The summed E-state index contributed by atoms with van der Waals surface area (Å²) in [5, 5.41) is 0. The van der Waals surface area contributed by atoms with Crippen molar-refractivity contribution in [3.63, 3.8) is 0 Å². The van der Waals surface area contributed by atoms with Crippen LogP contribution in [0.5, 0.6) is 0 Å². The van der Waals surface area contributed by atoms with Crippen LogP contribution in [0.3, 0.4) is 0 Å². The maximum atomic E-state index is 13.3. The van der Waals surface area contributed by atoms with Crippen LogP contribution in [-0.4, -0.2) is 31.8 Å². The van der Waals surface area contributed by atoms with E-state index in [0.717, 1.165) is 0 Å².